The second-order valence-corrected chi connectivity index (χ2v) is 16.1. The maximum Gasteiger partial charge on any atom is 0.303 e. The van der Waals surface area contributed by atoms with Crippen LogP contribution in [0.4, 0.5) is 10.1 Å². The molecule has 0 radical (unpaired) electrons. The molecule has 3 aromatic rings. The van der Waals surface area contributed by atoms with Crippen LogP contribution in [0, 0.1) is 29.5 Å². The number of anilines is 1. The average Bonchev–Trinajstić information content (AvgIpc) is 3.52. The molecule has 3 N–H and O–H groups in total. The lowest BCUT2D eigenvalue weighted by molar-refractivity contribution is -0.141. The number of carbonyl (C=O) groups excluding carboxylic acids is 4. The van der Waals surface area contributed by atoms with E-state index in [-0.39, 0.29) is 53.6 Å². The highest BCUT2D eigenvalue weighted by Gasteiger charge is 2.70. The van der Waals surface area contributed by atoms with E-state index in [1.54, 1.807) is 30.3 Å². The topological polar surface area (TPSA) is 154 Å². The van der Waals surface area contributed by atoms with Crippen molar-refractivity contribution in [3.63, 3.8) is 0 Å². The molecule has 6 unspecified atom stereocenters. The quantitative estimate of drug-likeness (QED) is 0.102. The maximum absolute atomic E-state index is 15.3. The summed E-state index contributed by atoms with van der Waals surface area (Å²) in [6.45, 7) is 0.147. The van der Waals surface area contributed by atoms with Gasteiger partial charge in [-0.15, -0.1) is 0 Å². The third-order valence-corrected chi connectivity index (χ3v) is 13.7. The van der Waals surface area contributed by atoms with Crippen LogP contribution in [0.1, 0.15) is 55.6 Å². The Morgan fingerprint density at radius 2 is 1.69 bits per heavy atom. The summed E-state index contributed by atoms with van der Waals surface area (Å²) in [5.74, 6) is -7.49. The van der Waals surface area contributed by atoms with E-state index in [1.807, 2.05) is 6.08 Å². The number of amides is 4. The predicted octanol–water partition coefficient (Wildman–Crippen LogP) is 7.35. The first-order valence-electron chi connectivity index (χ1n) is 17.5. The van der Waals surface area contributed by atoms with Gasteiger partial charge >= 0.3 is 5.97 Å². The molecule has 0 bridgehead atoms. The summed E-state index contributed by atoms with van der Waals surface area (Å²) < 4.78 is 20.1. The lowest BCUT2D eigenvalue weighted by Crippen LogP contribution is -2.53. The summed E-state index contributed by atoms with van der Waals surface area (Å²) in [7, 11) is 1.39. The zero-order chi connectivity index (χ0) is 38.6. The van der Waals surface area contributed by atoms with Crippen LogP contribution >= 0.6 is 43.5 Å². The van der Waals surface area contributed by atoms with Crippen LogP contribution in [-0.2, 0) is 29.4 Å². The first-order chi connectivity index (χ1) is 25.8. The van der Waals surface area contributed by atoms with E-state index < -0.39 is 58.6 Å². The van der Waals surface area contributed by atoms with E-state index in [9.17, 15) is 28.7 Å². The number of phenols is 1. The molecule has 2 saturated heterocycles. The molecule has 11 nitrogen and oxygen atoms in total. The monoisotopic (exact) mass is 885 g/mol. The summed E-state index contributed by atoms with van der Waals surface area (Å²) in [5, 5.41) is 21.4. The summed E-state index contributed by atoms with van der Waals surface area (Å²) in [4.78, 5) is 70.6. The van der Waals surface area contributed by atoms with Crippen molar-refractivity contribution in [1.82, 2.24) is 9.91 Å². The molecule has 54 heavy (non-hydrogen) atoms. The fourth-order valence-corrected chi connectivity index (χ4v) is 10.1. The molecule has 0 spiro atoms. The van der Waals surface area contributed by atoms with Crippen LogP contribution in [-0.4, -0.2) is 63.4 Å². The van der Waals surface area contributed by atoms with E-state index in [0.29, 0.717) is 51.1 Å². The summed E-state index contributed by atoms with van der Waals surface area (Å²) in [6, 6.07) is 13.5. The van der Waals surface area contributed by atoms with Crippen LogP contribution in [0.2, 0.25) is 5.02 Å². The van der Waals surface area contributed by atoms with E-state index >= 15 is 4.79 Å². The van der Waals surface area contributed by atoms with Crippen molar-refractivity contribution in [1.29, 1.82) is 0 Å². The molecule has 2 heterocycles. The van der Waals surface area contributed by atoms with Gasteiger partial charge in [0.25, 0.3) is 11.8 Å². The number of rotatable bonds is 11. The Bertz CT molecular complexity index is 2100. The second-order valence-electron chi connectivity index (χ2n) is 14.1. The number of methoxy groups -OCH3 is 1. The van der Waals surface area contributed by atoms with Gasteiger partial charge in [-0.25, -0.2) is 4.39 Å². The number of hydrogen-bond acceptors (Lipinski definition) is 8. The van der Waals surface area contributed by atoms with Gasteiger partial charge in [0.1, 0.15) is 5.82 Å². The fraction of sp³-hybridized carbons (Fsp3) is 0.359. The molecule has 2 aliphatic carbocycles. The number of aromatic hydroxyl groups is 1. The molecule has 1 saturated carbocycles. The molecule has 4 amide bonds. The van der Waals surface area contributed by atoms with Crippen molar-refractivity contribution in [2.24, 2.45) is 23.7 Å². The normalized spacial score (nSPS) is 26.0. The predicted molar refractivity (Wildman–Crippen MR) is 202 cm³/mol. The molecule has 0 aromatic heterocycles. The number of fused-ring (bicyclic) bond motifs is 4. The van der Waals surface area contributed by atoms with Gasteiger partial charge < -0.3 is 14.9 Å². The highest BCUT2D eigenvalue weighted by Crippen LogP contribution is 2.65. The van der Waals surface area contributed by atoms with Crippen LogP contribution in [0.3, 0.4) is 0 Å². The van der Waals surface area contributed by atoms with Gasteiger partial charge in [0.2, 0.25) is 11.8 Å². The Kier molecular flexibility index (Phi) is 10.4. The lowest BCUT2D eigenvalue weighted by Gasteiger charge is -2.51. The number of carboxylic acids is 1. The highest BCUT2D eigenvalue weighted by atomic mass is 79.9. The van der Waals surface area contributed by atoms with Crippen molar-refractivity contribution < 1.29 is 43.3 Å². The first-order valence-corrected chi connectivity index (χ1v) is 19.5. The smallest absolute Gasteiger partial charge is 0.303 e. The number of carboxylic acid groups (broad SMARTS) is 1. The summed E-state index contributed by atoms with van der Waals surface area (Å²) >= 11 is 13.5. The molecular formula is C39H35Br2ClFN3O8. The largest absolute Gasteiger partial charge is 0.503 e. The number of halogens is 4. The minimum absolute atomic E-state index is 0.00581. The molecule has 3 aromatic carbocycles. The molecule has 3 fully saturated rings. The minimum atomic E-state index is -1.64. The number of ether oxygens (including phenoxy) is 1. The van der Waals surface area contributed by atoms with Gasteiger partial charge in [0.15, 0.2) is 11.5 Å². The molecule has 2 aliphatic heterocycles. The number of unbranched alkanes of at least 4 members (excludes halogenated alkanes) is 2. The molecule has 6 atom stereocenters. The van der Waals surface area contributed by atoms with Gasteiger partial charge in [-0.05, 0) is 117 Å². The van der Waals surface area contributed by atoms with Crippen LogP contribution in [0.25, 0.3) is 0 Å². The second kappa shape index (κ2) is 14.8. The number of likely N-dealkylation sites (tertiary alicyclic amines) is 1. The Hall–Kier alpha value is -4.27. The van der Waals surface area contributed by atoms with Crippen molar-refractivity contribution in [2.45, 2.75) is 49.9 Å². The van der Waals surface area contributed by atoms with Crippen molar-refractivity contribution >= 4 is 78.7 Å². The Morgan fingerprint density at radius 3 is 2.35 bits per heavy atom. The molecule has 15 heteroatoms. The van der Waals surface area contributed by atoms with E-state index in [0.717, 1.165) is 5.01 Å². The zero-order valence-electron chi connectivity index (χ0n) is 28.9. The number of carbonyl (C=O) groups is 5. The zero-order valence-corrected chi connectivity index (χ0v) is 32.8. The number of hydrogen-bond donors (Lipinski definition) is 3. The van der Waals surface area contributed by atoms with Crippen molar-refractivity contribution in [2.75, 3.05) is 19.1 Å². The Morgan fingerprint density at radius 1 is 0.981 bits per heavy atom. The molecule has 4 aliphatic rings. The maximum atomic E-state index is 15.3. The van der Waals surface area contributed by atoms with E-state index in [2.05, 4.69) is 37.3 Å². The van der Waals surface area contributed by atoms with Crippen LogP contribution < -0.4 is 10.2 Å². The third-order valence-electron chi connectivity index (χ3n) is 11.3. The number of allylic oxidation sites excluding steroid dienone is 2. The number of aliphatic carboxylic acids is 1. The molecular weight excluding hydrogens is 853 g/mol. The highest BCUT2D eigenvalue weighted by molar-refractivity contribution is 9.13. The minimum Gasteiger partial charge on any atom is -0.503 e. The number of phenolic OH excluding ortho intramolecular Hbond substituents is 1. The average molecular weight is 888 g/mol. The lowest BCUT2D eigenvalue weighted by atomic mass is 9.49. The SMILES string of the molecule is COc1cc(C2C3=CCC4C(=O)N(CCCCCC(=O)O)C(=O)C4C3CC3C(=O)N(Nc4ccc(F)cc4)C(=O)C32c2ccc(Cl)cc2)c(Br)c(Br)c1O. The van der Waals surface area contributed by atoms with Crippen LogP contribution in [0.5, 0.6) is 11.5 Å². The number of nitrogens with zero attached hydrogens (tertiary/aromatic N) is 2. The Balaban J connectivity index is 1.40. The number of benzene rings is 3. The van der Waals surface area contributed by atoms with Gasteiger partial charge in [-0.3, -0.25) is 34.3 Å². The standard InChI is InChI=1S/C39H35Br2ClFN3O8/c1-54-28-18-26(32(40)33(41)34(28)49)31-23-14-15-24-30(37(52)45(35(24)50)16-4-2-3-5-29(47)48)25(23)17-27-36(51)46(44-22-12-10-21(43)11-13-22)38(53)39(27,31)19-6-8-20(42)9-7-19/h6-14,18,24-25,27,30-31,44,49H,2-5,15-17H2,1H3,(H,47,48). The van der Waals surface area contributed by atoms with Crippen molar-refractivity contribution in [3.8, 4) is 11.5 Å². The number of nitrogens with one attached hydrogen (secondary N) is 1. The first kappa shape index (κ1) is 38.0. The van der Waals surface area contributed by atoms with E-state index in [1.165, 1.54) is 36.3 Å². The molecule has 7 rings (SSSR count). The van der Waals surface area contributed by atoms with Gasteiger partial charge in [0, 0.05) is 28.4 Å². The van der Waals surface area contributed by atoms with Gasteiger partial charge in [0.05, 0.1) is 40.4 Å². The molecule has 282 valence electrons. The summed E-state index contributed by atoms with van der Waals surface area (Å²) in [6.07, 6.45) is 3.57. The summed E-state index contributed by atoms with van der Waals surface area (Å²) in [5.41, 5.74) is 3.24. The number of imide groups is 2. The van der Waals surface area contributed by atoms with Crippen LogP contribution in [0.15, 0.2) is 75.2 Å². The van der Waals surface area contributed by atoms with Crippen molar-refractivity contribution in [3.05, 3.63) is 97.2 Å². The third kappa shape index (κ3) is 6.10. The number of hydrazine groups is 1. The fourth-order valence-electron chi connectivity index (χ4n) is 8.99. The van der Waals surface area contributed by atoms with Gasteiger partial charge in [-0.1, -0.05) is 41.8 Å². The van der Waals surface area contributed by atoms with Gasteiger partial charge in [-0.2, -0.15) is 5.01 Å². The van der Waals surface area contributed by atoms with E-state index in [4.69, 9.17) is 21.4 Å². The Labute approximate surface area is 331 Å².